The van der Waals surface area contributed by atoms with Gasteiger partial charge in [0.15, 0.2) is 0 Å². The number of phenols is 1. The molecule has 1 aliphatic carbocycles. The molecule has 0 spiro atoms. The van der Waals surface area contributed by atoms with Crippen LogP contribution in [0.1, 0.15) is 24.5 Å². The number of hydrogen-bond acceptors (Lipinski definition) is 3. The van der Waals surface area contributed by atoms with Crippen LogP contribution in [0.4, 0.5) is 0 Å². The molecule has 1 saturated carbocycles. The second kappa shape index (κ2) is 7.91. The topological polar surface area (TPSA) is 52.6 Å². The Morgan fingerprint density at radius 3 is 2.63 bits per heavy atom. The van der Waals surface area contributed by atoms with Crippen LogP contribution in [0.25, 0.3) is 0 Å². The highest BCUT2D eigenvalue weighted by molar-refractivity contribution is 6.32. The Morgan fingerprint density at radius 2 is 2.00 bits per heavy atom. The van der Waals surface area contributed by atoms with Crippen LogP contribution in [0.3, 0.4) is 0 Å². The molecule has 4 nitrogen and oxygen atoms in total. The van der Waals surface area contributed by atoms with Crippen LogP contribution in [-0.4, -0.2) is 42.6 Å². The van der Waals surface area contributed by atoms with Crippen LogP contribution < -0.4 is 5.32 Å². The van der Waals surface area contributed by atoms with Crippen molar-refractivity contribution in [1.29, 1.82) is 0 Å². The zero-order valence-corrected chi connectivity index (χ0v) is 16.8. The molecular weight excluding hydrogens is 360 g/mol. The average Bonchev–Trinajstić information content (AvgIpc) is 3.35. The standard InChI is InChI=1S/C22H27ClN2O2/c1-22(16-7-5-4-6-8-16)13-18(22)21(27)24-14-17(25(2)3)11-15-9-10-20(26)19(23)12-15/h4-10,12,17-18,26H,11,13-14H2,1-3H3,(H,24,27)/t17-,18-,22-/m0/s1. The Balaban J connectivity index is 1.58. The molecule has 0 radical (unpaired) electrons. The van der Waals surface area contributed by atoms with Crippen molar-refractivity contribution in [3.63, 3.8) is 0 Å². The number of likely N-dealkylation sites (N-methyl/N-ethyl adjacent to an activating group) is 1. The van der Waals surface area contributed by atoms with E-state index in [-0.39, 0.29) is 29.0 Å². The zero-order valence-electron chi connectivity index (χ0n) is 16.1. The smallest absolute Gasteiger partial charge is 0.224 e. The number of nitrogens with one attached hydrogen (secondary N) is 1. The number of carbonyl (C=O) groups is 1. The third-order valence-electron chi connectivity index (χ3n) is 5.71. The molecule has 3 atom stereocenters. The Morgan fingerprint density at radius 1 is 1.30 bits per heavy atom. The van der Waals surface area contributed by atoms with E-state index in [2.05, 4.69) is 29.3 Å². The van der Waals surface area contributed by atoms with Crippen LogP contribution in [0, 0.1) is 5.92 Å². The molecule has 3 rings (SSSR count). The molecule has 144 valence electrons. The van der Waals surface area contributed by atoms with E-state index in [0.717, 1.165) is 18.4 Å². The summed E-state index contributed by atoms with van der Waals surface area (Å²) >= 11 is 6.01. The fourth-order valence-corrected chi connectivity index (χ4v) is 3.82. The molecule has 0 unspecified atom stereocenters. The van der Waals surface area contributed by atoms with Gasteiger partial charge in [-0.05, 0) is 50.2 Å². The Hall–Kier alpha value is -2.04. The van der Waals surface area contributed by atoms with E-state index < -0.39 is 0 Å². The first-order valence-corrected chi connectivity index (χ1v) is 9.66. The summed E-state index contributed by atoms with van der Waals surface area (Å²) in [7, 11) is 4.01. The fraction of sp³-hybridized carbons (Fsp3) is 0.409. The van der Waals surface area contributed by atoms with E-state index in [0.29, 0.717) is 11.6 Å². The van der Waals surface area contributed by atoms with E-state index in [1.54, 1.807) is 12.1 Å². The van der Waals surface area contributed by atoms with Crippen molar-refractivity contribution in [3.8, 4) is 5.75 Å². The lowest BCUT2D eigenvalue weighted by Crippen LogP contribution is -2.42. The SMILES string of the molecule is CN(C)[C@H](CNC(=O)[C@@H]1C[C@@]1(C)c1ccccc1)Cc1ccc(O)c(Cl)c1. The van der Waals surface area contributed by atoms with Gasteiger partial charge in [0.1, 0.15) is 5.75 Å². The monoisotopic (exact) mass is 386 g/mol. The van der Waals surface area contributed by atoms with E-state index in [1.165, 1.54) is 5.56 Å². The maximum absolute atomic E-state index is 12.7. The van der Waals surface area contributed by atoms with Gasteiger partial charge in [-0.1, -0.05) is 54.9 Å². The third-order valence-corrected chi connectivity index (χ3v) is 6.02. The lowest BCUT2D eigenvalue weighted by atomic mass is 9.95. The highest BCUT2D eigenvalue weighted by Crippen LogP contribution is 2.53. The van der Waals surface area contributed by atoms with Crippen molar-refractivity contribution < 1.29 is 9.90 Å². The summed E-state index contributed by atoms with van der Waals surface area (Å²) < 4.78 is 0. The van der Waals surface area contributed by atoms with Crippen molar-refractivity contribution in [1.82, 2.24) is 10.2 Å². The lowest BCUT2D eigenvalue weighted by molar-refractivity contribution is -0.122. The molecule has 0 aliphatic heterocycles. The Kier molecular flexibility index (Phi) is 5.78. The first-order valence-electron chi connectivity index (χ1n) is 9.28. The van der Waals surface area contributed by atoms with Gasteiger partial charge in [0, 0.05) is 23.9 Å². The molecule has 0 heterocycles. The zero-order chi connectivity index (χ0) is 19.6. The first kappa shape index (κ1) is 19.7. The molecule has 0 bridgehead atoms. The largest absolute Gasteiger partial charge is 0.506 e. The van der Waals surface area contributed by atoms with Gasteiger partial charge >= 0.3 is 0 Å². The highest BCUT2D eigenvalue weighted by Gasteiger charge is 2.55. The number of halogens is 1. The minimum atomic E-state index is -0.0521. The van der Waals surface area contributed by atoms with Crippen molar-refractivity contribution in [2.45, 2.75) is 31.2 Å². The second-order valence-corrected chi connectivity index (χ2v) is 8.30. The number of carbonyl (C=O) groups excluding carboxylic acids is 1. The number of hydrogen-bond donors (Lipinski definition) is 2. The minimum absolute atomic E-state index is 0.0332. The second-order valence-electron chi connectivity index (χ2n) is 7.89. The van der Waals surface area contributed by atoms with Gasteiger partial charge in [0.2, 0.25) is 5.91 Å². The summed E-state index contributed by atoms with van der Waals surface area (Å²) in [5.41, 5.74) is 2.21. The summed E-state index contributed by atoms with van der Waals surface area (Å²) in [6, 6.07) is 15.7. The van der Waals surface area contributed by atoms with Crippen molar-refractivity contribution >= 4 is 17.5 Å². The Labute approximate surface area is 166 Å². The summed E-state index contributed by atoms with van der Waals surface area (Å²) in [6.45, 7) is 2.74. The Bertz CT molecular complexity index is 809. The predicted molar refractivity (Wildman–Crippen MR) is 109 cm³/mol. The maximum atomic E-state index is 12.7. The molecule has 2 aromatic carbocycles. The van der Waals surface area contributed by atoms with E-state index in [1.807, 2.05) is 38.4 Å². The quantitative estimate of drug-likeness (QED) is 0.764. The van der Waals surface area contributed by atoms with Crippen LogP contribution in [0.15, 0.2) is 48.5 Å². The molecule has 27 heavy (non-hydrogen) atoms. The van der Waals surface area contributed by atoms with E-state index >= 15 is 0 Å². The number of nitrogens with zero attached hydrogens (tertiary/aromatic N) is 1. The molecule has 2 aromatic rings. The van der Waals surface area contributed by atoms with Crippen LogP contribution in [0.5, 0.6) is 5.75 Å². The normalized spacial score (nSPS) is 22.5. The first-order chi connectivity index (χ1) is 12.8. The van der Waals surface area contributed by atoms with Crippen molar-refractivity contribution in [2.75, 3.05) is 20.6 Å². The van der Waals surface area contributed by atoms with Gasteiger partial charge in [-0.3, -0.25) is 4.79 Å². The minimum Gasteiger partial charge on any atom is -0.506 e. The fourth-order valence-electron chi connectivity index (χ4n) is 3.61. The van der Waals surface area contributed by atoms with Gasteiger partial charge in [0.25, 0.3) is 0 Å². The number of benzene rings is 2. The average molecular weight is 387 g/mol. The molecule has 1 fully saturated rings. The van der Waals surface area contributed by atoms with Gasteiger partial charge in [-0.25, -0.2) is 0 Å². The van der Waals surface area contributed by atoms with E-state index in [9.17, 15) is 9.90 Å². The highest BCUT2D eigenvalue weighted by atomic mass is 35.5. The summed E-state index contributed by atoms with van der Waals surface area (Å²) in [4.78, 5) is 14.8. The summed E-state index contributed by atoms with van der Waals surface area (Å²) in [5.74, 6) is 0.242. The number of amides is 1. The number of aromatic hydroxyl groups is 1. The third kappa shape index (κ3) is 4.45. The van der Waals surface area contributed by atoms with Crippen LogP contribution >= 0.6 is 11.6 Å². The van der Waals surface area contributed by atoms with Crippen LogP contribution in [-0.2, 0) is 16.6 Å². The van der Waals surface area contributed by atoms with Gasteiger partial charge in [0.05, 0.1) is 5.02 Å². The number of rotatable bonds is 7. The molecule has 1 amide bonds. The van der Waals surface area contributed by atoms with Crippen molar-refractivity contribution in [2.24, 2.45) is 5.92 Å². The van der Waals surface area contributed by atoms with Crippen molar-refractivity contribution in [3.05, 3.63) is 64.7 Å². The van der Waals surface area contributed by atoms with E-state index in [4.69, 9.17) is 11.6 Å². The molecular formula is C22H27ClN2O2. The number of phenolic OH excluding ortho intramolecular Hbond substituents is 1. The maximum Gasteiger partial charge on any atom is 0.224 e. The molecule has 0 saturated heterocycles. The summed E-state index contributed by atoms with van der Waals surface area (Å²) in [6.07, 6.45) is 1.64. The molecule has 5 heteroatoms. The summed E-state index contributed by atoms with van der Waals surface area (Å²) in [5, 5.41) is 13.1. The van der Waals surface area contributed by atoms with Crippen LogP contribution in [0.2, 0.25) is 5.02 Å². The van der Waals surface area contributed by atoms with Gasteiger partial charge in [-0.2, -0.15) is 0 Å². The molecule has 1 aliphatic rings. The van der Waals surface area contributed by atoms with Gasteiger partial charge < -0.3 is 15.3 Å². The molecule has 0 aromatic heterocycles. The van der Waals surface area contributed by atoms with Gasteiger partial charge in [-0.15, -0.1) is 0 Å². The predicted octanol–water partition coefficient (Wildman–Crippen LogP) is 3.61. The lowest BCUT2D eigenvalue weighted by Gasteiger charge is -2.25. The molecule has 2 N–H and O–H groups in total.